The lowest BCUT2D eigenvalue weighted by atomic mass is 10.0. The number of aromatic nitrogens is 2. The van der Waals surface area contributed by atoms with E-state index in [1.165, 1.54) is 7.11 Å². The summed E-state index contributed by atoms with van der Waals surface area (Å²) in [7, 11) is 4.97. The molecule has 226 valence electrons. The van der Waals surface area contributed by atoms with Crippen LogP contribution in [0.3, 0.4) is 0 Å². The minimum atomic E-state index is -0.555. The summed E-state index contributed by atoms with van der Waals surface area (Å²) in [5, 5.41) is 6.19. The Kier molecular flexibility index (Phi) is 9.60. The van der Waals surface area contributed by atoms with E-state index in [4.69, 9.17) is 9.47 Å². The molecule has 1 aromatic heterocycles. The summed E-state index contributed by atoms with van der Waals surface area (Å²) in [6, 6.07) is 12.0. The Morgan fingerprint density at radius 1 is 1.07 bits per heavy atom. The van der Waals surface area contributed by atoms with Crippen molar-refractivity contribution in [3.8, 4) is 5.75 Å². The predicted molar refractivity (Wildman–Crippen MR) is 160 cm³/mol. The molecule has 1 saturated heterocycles. The number of hydrogen-bond acceptors (Lipinski definition) is 10. The fraction of sp³-hybridized carbons (Fsp3) is 0.355. The van der Waals surface area contributed by atoms with Crippen LogP contribution in [0.25, 0.3) is 5.57 Å². The second-order valence-corrected chi connectivity index (χ2v) is 10.4. The summed E-state index contributed by atoms with van der Waals surface area (Å²) in [6.07, 6.45) is 3.56. The molecule has 0 saturated carbocycles. The SMILES string of the molecule is COC[C@H](C(=O)Nc1cccc2c1CC=C2c1nc(Nc2ccc(OCC(=O)OC)cc2)ncc1F)N1CCN(C)CC1. The lowest BCUT2D eigenvalue weighted by Crippen LogP contribution is -2.54. The Bertz CT molecular complexity index is 1490. The number of fused-ring (bicyclic) bond motifs is 1. The second-order valence-electron chi connectivity index (χ2n) is 10.4. The van der Waals surface area contributed by atoms with E-state index < -0.39 is 17.8 Å². The number of hydrogen-bond donors (Lipinski definition) is 2. The summed E-state index contributed by atoms with van der Waals surface area (Å²) in [4.78, 5) is 37.7. The fourth-order valence-corrected chi connectivity index (χ4v) is 5.15. The second kappa shape index (κ2) is 13.7. The van der Waals surface area contributed by atoms with E-state index in [-0.39, 0.29) is 24.2 Å². The van der Waals surface area contributed by atoms with Crippen LogP contribution in [0.2, 0.25) is 0 Å². The molecule has 2 aromatic carbocycles. The number of piperazine rings is 1. The van der Waals surface area contributed by atoms with E-state index in [2.05, 4.69) is 42.2 Å². The van der Waals surface area contributed by atoms with E-state index in [0.29, 0.717) is 35.7 Å². The molecule has 11 nitrogen and oxygen atoms in total. The fourth-order valence-electron chi connectivity index (χ4n) is 5.15. The number of likely N-dealkylation sites (N-methyl/N-ethyl adjacent to an activating group) is 1. The lowest BCUT2D eigenvalue weighted by Gasteiger charge is -2.36. The van der Waals surface area contributed by atoms with Gasteiger partial charge in [-0.05, 0) is 54.9 Å². The van der Waals surface area contributed by atoms with Crippen molar-refractivity contribution in [2.24, 2.45) is 0 Å². The highest BCUT2D eigenvalue weighted by Crippen LogP contribution is 2.37. The van der Waals surface area contributed by atoms with Crippen molar-refractivity contribution >= 4 is 34.8 Å². The van der Waals surface area contributed by atoms with Crippen molar-refractivity contribution in [2.45, 2.75) is 12.5 Å². The minimum absolute atomic E-state index is 0.130. The molecule has 12 heteroatoms. The Morgan fingerprint density at radius 3 is 2.56 bits per heavy atom. The van der Waals surface area contributed by atoms with E-state index >= 15 is 4.39 Å². The zero-order valence-electron chi connectivity index (χ0n) is 24.4. The standard InChI is InChI=1S/C31H35FN6O5/c1-37-13-15-38(16-14-37)27(18-41-2)30(40)35-26-6-4-5-22-23(26)11-12-24(22)29-25(32)17-33-31(36-29)34-20-7-9-21(10-8-20)43-19-28(39)42-3/h4-10,12,17,27H,11,13-16,18-19H2,1-3H3,(H,35,40)(H,33,34,36)/t27-/m1/s1. The summed E-state index contributed by atoms with van der Waals surface area (Å²) >= 11 is 0. The molecule has 1 aliphatic heterocycles. The summed E-state index contributed by atoms with van der Waals surface area (Å²) in [6.45, 7) is 3.44. The number of amides is 1. The highest BCUT2D eigenvalue weighted by Gasteiger charge is 2.30. The normalized spacial score (nSPS) is 15.8. The molecular weight excluding hydrogens is 555 g/mol. The van der Waals surface area contributed by atoms with Crippen molar-refractivity contribution < 1.29 is 28.2 Å². The van der Waals surface area contributed by atoms with Crippen molar-refractivity contribution in [3.63, 3.8) is 0 Å². The van der Waals surface area contributed by atoms with E-state index in [1.54, 1.807) is 31.4 Å². The number of methoxy groups -OCH3 is 2. The first-order chi connectivity index (χ1) is 20.9. The minimum Gasteiger partial charge on any atom is -0.482 e. The van der Waals surface area contributed by atoms with Crippen LogP contribution in [-0.2, 0) is 25.5 Å². The van der Waals surface area contributed by atoms with Gasteiger partial charge in [0.2, 0.25) is 11.9 Å². The number of nitrogens with one attached hydrogen (secondary N) is 2. The van der Waals surface area contributed by atoms with Gasteiger partial charge in [0.05, 0.1) is 19.9 Å². The summed E-state index contributed by atoms with van der Waals surface area (Å²) in [5.74, 6) is -0.458. The van der Waals surface area contributed by atoms with Crippen LogP contribution in [0.15, 0.2) is 54.7 Å². The zero-order valence-corrected chi connectivity index (χ0v) is 24.4. The number of carbonyl (C=O) groups is 2. The highest BCUT2D eigenvalue weighted by atomic mass is 19.1. The number of anilines is 3. The Morgan fingerprint density at radius 2 is 1.84 bits per heavy atom. The maximum absolute atomic E-state index is 15.1. The van der Waals surface area contributed by atoms with Gasteiger partial charge >= 0.3 is 5.97 Å². The monoisotopic (exact) mass is 590 g/mol. The molecule has 1 aliphatic carbocycles. The van der Waals surface area contributed by atoms with Crippen LogP contribution < -0.4 is 15.4 Å². The van der Waals surface area contributed by atoms with E-state index in [1.807, 2.05) is 24.3 Å². The molecule has 1 amide bonds. The highest BCUT2D eigenvalue weighted by molar-refractivity contribution is 5.97. The van der Waals surface area contributed by atoms with Crippen molar-refractivity contribution in [3.05, 3.63) is 77.4 Å². The van der Waals surface area contributed by atoms with Gasteiger partial charge in [-0.25, -0.2) is 19.2 Å². The van der Waals surface area contributed by atoms with Crippen LogP contribution in [0, 0.1) is 5.82 Å². The first kappa shape index (κ1) is 30.1. The van der Waals surface area contributed by atoms with Gasteiger partial charge in [-0.15, -0.1) is 0 Å². The Labute approximate surface area is 249 Å². The zero-order chi connectivity index (χ0) is 30.3. The van der Waals surface area contributed by atoms with Gasteiger partial charge in [-0.1, -0.05) is 18.2 Å². The number of ether oxygens (including phenoxy) is 3. The molecule has 2 aliphatic rings. The third-order valence-electron chi connectivity index (χ3n) is 7.53. The molecule has 0 unspecified atom stereocenters. The third-order valence-corrected chi connectivity index (χ3v) is 7.53. The molecule has 1 atom stereocenters. The van der Waals surface area contributed by atoms with Crippen molar-refractivity contribution in [1.29, 1.82) is 0 Å². The van der Waals surface area contributed by atoms with Gasteiger partial charge in [-0.2, -0.15) is 0 Å². The number of esters is 1. The van der Waals surface area contributed by atoms with Crippen LogP contribution in [0.4, 0.5) is 21.7 Å². The average Bonchev–Trinajstić information content (AvgIpc) is 3.46. The number of benzene rings is 2. The van der Waals surface area contributed by atoms with Crippen molar-refractivity contribution in [1.82, 2.24) is 19.8 Å². The lowest BCUT2D eigenvalue weighted by molar-refractivity contribution is -0.142. The van der Waals surface area contributed by atoms with Gasteiger partial charge in [0.25, 0.3) is 0 Å². The number of allylic oxidation sites excluding steroid dienone is 1. The first-order valence-electron chi connectivity index (χ1n) is 14.0. The number of halogens is 1. The maximum atomic E-state index is 15.1. The van der Waals surface area contributed by atoms with Gasteiger partial charge in [0.15, 0.2) is 12.4 Å². The van der Waals surface area contributed by atoms with Crippen molar-refractivity contribution in [2.75, 3.05) is 71.3 Å². The third kappa shape index (κ3) is 7.16. The van der Waals surface area contributed by atoms with Crippen LogP contribution in [-0.4, -0.2) is 98.3 Å². The molecular formula is C31H35FN6O5. The smallest absolute Gasteiger partial charge is 0.343 e. The molecule has 3 aromatic rings. The average molecular weight is 591 g/mol. The van der Waals surface area contributed by atoms with Crippen LogP contribution >= 0.6 is 0 Å². The van der Waals surface area contributed by atoms with E-state index in [9.17, 15) is 9.59 Å². The molecule has 43 heavy (non-hydrogen) atoms. The largest absolute Gasteiger partial charge is 0.482 e. The number of nitrogens with zero attached hydrogens (tertiary/aromatic N) is 4. The molecule has 0 bridgehead atoms. The topological polar surface area (TPSA) is 118 Å². The quantitative estimate of drug-likeness (QED) is 0.323. The molecule has 2 N–H and O–H groups in total. The molecule has 0 radical (unpaired) electrons. The maximum Gasteiger partial charge on any atom is 0.343 e. The molecule has 0 spiro atoms. The Balaban J connectivity index is 1.30. The van der Waals surface area contributed by atoms with Gasteiger partial charge in [0, 0.05) is 50.2 Å². The first-order valence-corrected chi connectivity index (χ1v) is 14.0. The summed E-state index contributed by atoms with van der Waals surface area (Å²) in [5.41, 5.74) is 3.83. The van der Waals surface area contributed by atoms with Gasteiger partial charge in [0.1, 0.15) is 17.5 Å². The summed E-state index contributed by atoms with van der Waals surface area (Å²) < 4.78 is 30.4. The molecule has 2 heterocycles. The number of carbonyl (C=O) groups excluding carboxylic acids is 2. The van der Waals surface area contributed by atoms with E-state index in [0.717, 1.165) is 43.5 Å². The van der Waals surface area contributed by atoms with Gasteiger partial charge < -0.3 is 29.7 Å². The number of rotatable bonds is 11. The molecule has 5 rings (SSSR count). The molecule has 1 fully saturated rings. The van der Waals surface area contributed by atoms with Crippen LogP contribution in [0.1, 0.15) is 16.8 Å². The Hall–Kier alpha value is -4.39. The van der Waals surface area contributed by atoms with Crippen LogP contribution in [0.5, 0.6) is 5.75 Å². The predicted octanol–water partition coefficient (Wildman–Crippen LogP) is 3.10. The van der Waals surface area contributed by atoms with Gasteiger partial charge in [-0.3, -0.25) is 9.69 Å².